The predicted molar refractivity (Wildman–Crippen MR) is 94.4 cm³/mol. The van der Waals surface area contributed by atoms with Gasteiger partial charge in [0.2, 0.25) is 5.91 Å². The van der Waals surface area contributed by atoms with Crippen LogP contribution in [0.4, 0.5) is 0 Å². The molecule has 0 saturated carbocycles. The van der Waals surface area contributed by atoms with Gasteiger partial charge in [0.05, 0.1) is 18.4 Å². The Balaban J connectivity index is 1.50. The third-order valence-corrected chi connectivity index (χ3v) is 4.92. The Morgan fingerprint density at radius 3 is 2.60 bits per heavy atom. The summed E-state index contributed by atoms with van der Waals surface area (Å²) in [6.45, 7) is 2.91. The molecule has 0 radical (unpaired) electrons. The van der Waals surface area contributed by atoms with E-state index in [4.69, 9.17) is 4.42 Å². The fourth-order valence-electron chi connectivity index (χ4n) is 2.76. The Morgan fingerprint density at radius 2 is 1.96 bits per heavy atom. The summed E-state index contributed by atoms with van der Waals surface area (Å²) in [5, 5.41) is 2.97. The average molecular weight is 362 g/mol. The van der Waals surface area contributed by atoms with E-state index in [0.29, 0.717) is 38.4 Å². The minimum absolute atomic E-state index is 0.0619. The molecule has 0 atom stereocenters. The molecule has 0 aromatic carbocycles. The van der Waals surface area contributed by atoms with Crippen LogP contribution in [-0.4, -0.2) is 71.8 Å². The maximum absolute atomic E-state index is 12.5. The fourth-order valence-corrected chi connectivity index (χ4v) is 3.67. The molecule has 3 rings (SSSR count). The Hall–Kier alpha value is -2.19. The lowest BCUT2D eigenvalue weighted by atomic mass is 10.2. The number of carbonyl (C=O) groups excluding carboxylic acids is 2. The second-order valence-corrected chi connectivity index (χ2v) is 7.24. The van der Waals surface area contributed by atoms with Crippen molar-refractivity contribution in [2.45, 2.75) is 13.0 Å². The number of furan rings is 1. The number of piperazine rings is 1. The van der Waals surface area contributed by atoms with Gasteiger partial charge in [-0.3, -0.25) is 9.59 Å². The third kappa shape index (κ3) is 4.46. The molecule has 2 aromatic rings. The van der Waals surface area contributed by atoms with E-state index in [-0.39, 0.29) is 11.8 Å². The number of nitrogens with zero attached hydrogens (tertiary/aromatic N) is 4. The topological polar surface area (TPSA) is 69.9 Å². The van der Waals surface area contributed by atoms with Gasteiger partial charge in [-0.25, -0.2) is 4.98 Å². The Morgan fingerprint density at radius 1 is 1.24 bits per heavy atom. The Bertz CT molecular complexity index is 718. The van der Waals surface area contributed by atoms with Gasteiger partial charge in [-0.15, -0.1) is 11.3 Å². The molecule has 0 unspecified atom stereocenters. The standard InChI is InChI=1S/C17H22N4O3S/c1-19(2)11-15-18-13(12-25-15)10-16(22)20-5-7-21(8-6-20)17(23)14-4-3-9-24-14/h3-4,9,12H,5-8,10-11H2,1-2H3. The van der Waals surface area contributed by atoms with Gasteiger partial charge >= 0.3 is 0 Å². The summed E-state index contributed by atoms with van der Waals surface area (Å²) in [4.78, 5) is 34.8. The molecule has 0 N–H and O–H groups in total. The van der Waals surface area contributed by atoms with Gasteiger partial charge in [-0.1, -0.05) is 0 Å². The van der Waals surface area contributed by atoms with Crippen LogP contribution in [0.25, 0.3) is 0 Å². The van der Waals surface area contributed by atoms with Crippen LogP contribution in [0.2, 0.25) is 0 Å². The highest BCUT2D eigenvalue weighted by atomic mass is 32.1. The molecule has 3 heterocycles. The number of carbonyl (C=O) groups is 2. The number of thiazole rings is 1. The maximum Gasteiger partial charge on any atom is 0.289 e. The van der Waals surface area contributed by atoms with Crippen LogP contribution < -0.4 is 0 Å². The van der Waals surface area contributed by atoms with Crippen LogP contribution in [0.3, 0.4) is 0 Å². The fraction of sp³-hybridized carbons (Fsp3) is 0.471. The van der Waals surface area contributed by atoms with Crippen molar-refractivity contribution < 1.29 is 14.0 Å². The number of rotatable bonds is 5. The zero-order chi connectivity index (χ0) is 17.8. The van der Waals surface area contributed by atoms with Gasteiger partial charge in [0, 0.05) is 38.1 Å². The second-order valence-electron chi connectivity index (χ2n) is 6.30. The van der Waals surface area contributed by atoms with E-state index in [9.17, 15) is 9.59 Å². The quantitative estimate of drug-likeness (QED) is 0.802. The van der Waals surface area contributed by atoms with Crippen LogP contribution in [0.15, 0.2) is 28.2 Å². The molecule has 2 amide bonds. The molecule has 0 spiro atoms. The lowest BCUT2D eigenvalue weighted by Crippen LogP contribution is -2.50. The molecule has 1 fully saturated rings. The minimum atomic E-state index is -0.120. The largest absolute Gasteiger partial charge is 0.459 e. The average Bonchev–Trinajstić information content (AvgIpc) is 3.26. The number of hydrogen-bond acceptors (Lipinski definition) is 6. The molecule has 1 aliphatic heterocycles. The second kappa shape index (κ2) is 7.79. The van der Waals surface area contributed by atoms with Crippen LogP contribution in [-0.2, 0) is 17.8 Å². The summed E-state index contributed by atoms with van der Waals surface area (Å²) in [5.74, 6) is 0.285. The monoisotopic (exact) mass is 362 g/mol. The Kier molecular flexibility index (Phi) is 5.50. The summed E-state index contributed by atoms with van der Waals surface area (Å²) in [5.41, 5.74) is 0.820. The molecule has 134 valence electrons. The number of hydrogen-bond donors (Lipinski definition) is 0. The highest BCUT2D eigenvalue weighted by molar-refractivity contribution is 7.09. The maximum atomic E-state index is 12.5. The van der Waals surface area contributed by atoms with Crippen molar-refractivity contribution in [2.24, 2.45) is 0 Å². The minimum Gasteiger partial charge on any atom is -0.459 e. The van der Waals surface area contributed by atoms with Crippen LogP contribution >= 0.6 is 11.3 Å². The van der Waals surface area contributed by atoms with Gasteiger partial charge in [0.1, 0.15) is 5.01 Å². The molecular weight excluding hydrogens is 340 g/mol. The molecule has 25 heavy (non-hydrogen) atoms. The van der Waals surface area contributed by atoms with E-state index in [1.165, 1.54) is 6.26 Å². The van der Waals surface area contributed by atoms with Crippen LogP contribution in [0, 0.1) is 0 Å². The normalized spacial score (nSPS) is 15.0. The summed E-state index contributed by atoms with van der Waals surface area (Å²) < 4.78 is 5.15. The van der Waals surface area contributed by atoms with Gasteiger partial charge in [-0.2, -0.15) is 0 Å². The summed E-state index contributed by atoms with van der Waals surface area (Å²) in [6, 6.07) is 3.36. The van der Waals surface area contributed by atoms with Crippen LogP contribution in [0.1, 0.15) is 21.3 Å². The molecule has 2 aromatic heterocycles. The van der Waals surface area contributed by atoms with Crippen molar-refractivity contribution in [3.63, 3.8) is 0 Å². The lowest BCUT2D eigenvalue weighted by Gasteiger charge is -2.34. The highest BCUT2D eigenvalue weighted by Crippen LogP contribution is 2.14. The molecule has 1 aliphatic rings. The lowest BCUT2D eigenvalue weighted by molar-refractivity contribution is -0.132. The van der Waals surface area contributed by atoms with E-state index >= 15 is 0 Å². The van der Waals surface area contributed by atoms with Gasteiger partial charge < -0.3 is 19.1 Å². The molecule has 8 heteroatoms. The zero-order valence-corrected chi connectivity index (χ0v) is 15.3. The van der Waals surface area contributed by atoms with Crippen molar-refractivity contribution >= 4 is 23.2 Å². The van der Waals surface area contributed by atoms with Gasteiger partial charge in [-0.05, 0) is 26.2 Å². The first kappa shape index (κ1) is 17.6. The van der Waals surface area contributed by atoms with E-state index in [1.54, 1.807) is 33.3 Å². The molecule has 1 saturated heterocycles. The van der Waals surface area contributed by atoms with Crippen molar-refractivity contribution in [1.82, 2.24) is 19.7 Å². The van der Waals surface area contributed by atoms with E-state index in [2.05, 4.69) is 9.88 Å². The van der Waals surface area contributed by atoms with Crippen LogP contribution in [0.5, 0.6) is 0 Å². The first-order chi connectivity index (χ1) is 12.0. The summed E-state index contributed by atoms with van der Waals surface area (Å²) >= 11 is 1.58. The highest BCUT2D eigenvalue weighted by Gasteiger charge is 2.26. The van der Waals surface area contributed by atoms with E-state index < -0.39 is 0 Å². The van der Waals surface area contributed by atoms with Crippen molar-refractivity contribution in [2.75, 3.05) is 40.3 Å². The van der Waals surface area contributed by atoms with Gasteiger partial charge in [0.25, 0.3) is 5.91 Å². The van der Waals surface area contributed by atoms with Crippen molar-refractivity contribution in [1.29, 1.82) is 0 Å². The summed E-state index contributed by atoms with van der Waals surface area (Å²) in [7, 11) is 3.99. The third-order valence-electron chi connectivity index (χ3n) is 4.03. The Labute approximate surface area is 150 Å². The van der Waals surface area contributed by atoms with E-state index in [1.807, 2.05) is 19.5 Å². The summed E-state index contributed by atoms with van der Waals surface area (Å²) in [6.07, 6.45) is 1.81. The first-order valence-corrected chi connectivity index (χ1v) is 9.09. The first-order valence-electron chi connectivity index (χ1n) is 8.21. The van der Waals surface area contributed by atoms with Crippen molar-refractivity contribution in [3.8, 4) is 0 Å². The molecule has 0 aliphatic carbocycles. The number of aromatic nitrogens is 1. The molecule has 0 bridgehead atoms. The number of amides is 2. The molecule has 7 nitrogen and oxygen atoms in total. The van der Waals surface area contributed by atoms with Crippen molar-refractivity contribution in [3.05, 3.63) is 40.2 Å². The zero-order valence-electron chi connectivity index (χ0n) is 14.5. The molecular formula is C17H22N4O3S. The smallest absolute Gasteiger partial charge is 0.289 e. The van der Waals surface area contributed by atoms with Gasteiger partial charge in [0.15, 0.2) is 5.76 Å². The van der Waals surface area contributed by atoms with E-state index in [0.717, 1.165) is 17.2 Å². The SMILES string of the molecule is CN(C)Cc1nc(CC(=O)N2CCN(C(=O)c3ccco3)CC2)cs1. The predicted octanol–water partition coefficient (Wildman–Crippen LogP) is 1.32.